The van der Waals surface area contributed by atoms with Crippen LogP contribution in [0.15, 0.2) is 34.9 Å². The monoisotopic (exact) mass is 2100 g/mol. The lowest BCUT2D eigenvalue weighted by Crippen LogP contribution is -2.66. The van der Waals surface area contributed by atoms with Gasteiger partial charge < -0.3 is 58.3 Å². The summed E-state index contributed by atoms with van der Waals surface area (Å²) < 4.78 is 52.2. The first-order valence-corrected chi connectivity index (χ1v) is 64.8. The van der Waals surface area contributed by atoms with Gasteiger partial charge >= 0.3 is 29.8 Å². The van der Waals surface area contributed by atoms with E-state index in [0.717, 1.165) is 109 Å². The first-order valence-electron chi connectivity index (χ1n) is 64.8. The van der Waals surface area contributed by atoms with E-state index >= 15 is 9.59 Å². The van der Waals surface area contributed by atoms with Gasteiger partial charge in [0.05, 0.1) is 18.6 Å². The van der Waals surface area contributed by atoms with Crippen LogP contribution in [0.5, 0.6) is 0 Å². The minimum Gasteiger partial charge on any atom is -0.459 e. The molecule has 20 atom stereocenters. The highest BCUT2D eigenvalue weighted by atomic mass is 16.8. The van der Waals surface area contributed by atoms with Crippen LogP contribution in [0.4, 0.5) is 0 Å². The second-order valence-electron chi connectivity index (χ2n) is 48.6. The number of unbranched alkanes of at least 4 members (excludes halogenated alkanes) is 68. The third kappa shape index (κ3) is 74.3. The minimum absolute atomic E-state index is 0.0219. The van der Waals surface area contributed by atoms with Gasteiger partial charge in [-0.3, -0.25) is 9.59 Å². The van der Waals surface area contributed by atoms with Crippen molar-refractivity contribution >= 4 is 29.8 Å². The lowest BCUT2D eigenvalue weighted by atomic mass is 9.85. The maximum atomic E-state index is 15.2. The molecule has 2 saturated heterocycles. The number of carbonyl (C=O) groups is 5. The molecule has 876 valence electrons. The molecule has 0 aliphatic carbocycles. The van der Waals surface area contributed by atoms with Crippen LogP contribution in [0.2, 0.25) is 0 Å². The van der Waals surface area contributed by atoms with E-state index in [1.165, 1.54) is 398 Å². The number of aliphatic hydroxyl groups excluding tert-OH is 4. The van der Waals surface area contributed by atoms with Gasteiger partial charge in [-0.1, -0.05) is 596 Å². The number of aliphatic hydroxyl groups is 4. The summed E-state index contributed by atoms with van der Waals surface area (Å²) in [7, 11) is 0. The van der Waals surface area contributed by atoms with Crippen molar-refractivity contribution in [1.82, 2.24) is 0 Å². The smallest absolute Gasteiger partial charge is 0.333 e. The van der Waals surface area contributed by atoms with Gasteiger partial charge in [-0.05, 0) is 107 Å². The van der Waals surface area contributed by atoms with E-state index in [-0.39, 0.29) is 47.2 Å². The zero-order valence-corrected chi connectivity index (χ0v) is 101. The molecule has 2 heterocycles. The van der Waals surface area contributed by atoms with E-state index in [2.05, 4.69) is 83.1 Å². The lowest BCUT2D eigenvalue weighted by molar-refractivity contribution is -0.377. The molecule has 0 spiro atoms. The van der Waals surface area contributed by atoms with Gasteiger partial charge in [-0.15, -0.1) is 0 Å². The predicted octanol–water partition coefficient (Wildman–Crippen LogP) is 37.4. The lowest BCUT2D eigenvalue weighted by Gasteiger charge is -2.47. The van der Waals surface area contributed by atoms with Crippen LogP contribution in [0.3, 0.4) is 0 Å². The summed E-state index contributed by atoms with van der Waals surface area (Å²) >= 11 is 0. The minimum atomic E-state index is -1.98. The Bertz CT molecular complexity index is 3210. The van der Waals surface area contributed by atoms with Gasteiger partial charge in [0.1, 0.15) is 31.0 Å². The van der Waals surface area contributed by atoms with Gasteiger partial charge in [0.25, 0.3) is 0 Å². The number of esters is 5. The predicted molar refractivity (Wildman–Crippen MR) is 625 cm³/mol. The molecule has 17 heteroatoms. The quantitative estimate of drug-likeness (QED) is 0.0192. The SMILES string of the molecule is CCCCCCCCCCCCCCCCCC[C@H](C)C[C@H](C)/C=C(\C)C(=O)O[C@@H]1C(CO)O[C@H](O[C@H]2OC(COC(=O)/C(C)=C/[C@@H](C)C[C@@H](C)CCCCCCCCCCCCCCCC)[C@@H](O)C(OC(=O)/C(C)=C/[C@@H](C)C[C@@H](C)CCCCCCCCCCCCCCCC)[C@H]2OC(=O)CCCCCCCCCCCCCCC)[C@@H](OC(=O)[C@@H](C)[C@@H](O)[C@@H](C)C[C@@H](C)CCCCCCCCCCCCCCCCCC)C1O. The molecule has 0 aromatic heterocycles. The summed E-state index contributed by atoms with van der Waals surface area (Å²) in [6.45, 7) is 33.7. The molecule has 2 aliphatic rings. The summed E-state index contributed by atoms with van der Waals surface area (Å²) in [5.74, 6) is -4.08. The van der Waals surface area contributed by atoms with Gasteiger partial charge in [-0.25, -0.2) is 14.4 Å². The Labute approximate surface area is 919 Å². The van der Waals surface area contributed by atoms with Crippen LogP contribution < -0.4 is 0 Å². The Morgan fingerprint density at radius 2 is 0.530 bits per heavy atom. The zero-order valence-electron chi connectivity index (χ0n) is 101. The van der Waals surface area contributed by atoms with Crippen LogP contribution in [0, 0.1) is 53.3 Å². The summed E-state index contributed by atoms with van der Waals surface area (Å²) in [4.78, 5) is 74.3. The molecule has 0 bridgehead atoms. The van der Waals surface area contributed by atoms with Crippen LogP contribution in [0.25, 0.3) is 0 Å². The second-order valence-corrected chi connectivity index (χ2v) is 48.6. The molecule has 4 N–H and O–H groups in total. The molecule has 149 heavy (non-hydrogen) atoms. The number of allylic oxidation sites excluding steroid dienone is 3. The van der Waals surface area contributed by atoms with Crippen LogP contribution in [-0.4, -0.2) is 131 Å². The fourth-order valence-corrected chi connectivity index (χ4v) is 23.3. The van der Waals surface area contributed by atoms with Crippen molar-refractivity contribution in [2.24, 2.45) is 53.3 Å². The van der Waals surface area contributed by atoms with Gasteiger partial charge in [0.2, 0.25) is 12.6 Å². The van der Waals surface area contributed by atoms with Crippen molar-refractivity contribution in [3.8, 4) is 0 Å². The Morgan fingerprint density at radius 3 is 0.819 bits per heavy atom. The van der Waals surface area contributed by atoms with E-state index in [1.54, 1.807) is 27.7 Å². The molecule has 4 unspecified atom stereocenters. The van der Waals surface area contributed by atoms with Gasteiger partial charge in [0, 0.05) is 23.1 Å². The van der Waals surface area contributed by atoms with Crippen molar-refractivity contribution in [1.29, 1.82) is 0 Å². The van der Waals surface area contributed by atoms with Crippen LogP contribution in [-0.2, 0) is 61.9 Å². The van der Waals surface area contributed by atoms with E-state index < -0.39 is 116 Å². The topological polar surface area (TPSA) is 240 Å². The van der Waals surface area contributed by atoms with Crippen molar-refractivity contribution in [3.63, 3.8) is 0 Å². The Hall–Kier alpha value is -3.71. The highest BCUT2D eigenvalue weighted by Gasteiger charge is 2.56. The van der Waals surface area contributed by atoms with Gasteiger partial charge in [-0.2, -0.15) is 0 Å². The number of rotatable bonds is 104. The standard InChI is InChI=1S/C132H246O17/c1-18-23-28-33-38-43-48-53-57-59-64-68-73-78-82-87-92-106(7)97-110(11)101-114(15)128(139)146-123-117(103-133)143-131(125(122(123)137)148-130(141)116(17)120(135)112(13)99-108(9)94-89-84-79-74-69-65-60-58-54-49-44-39-34-29-24-19-2)149-132-126(145-119(134)95-90-85-80-75-70-61-52-47-42-37-32-27-22-5)124(147-129(140)115(16)102-111(12)98-107(8)93-88-83-77-72-67-63-56-51-46-41-36-31-26-21-4)121(136)118(144-132)104-142-127(138)113(14)100-109(10)96-105(6)91-86-81-76-71-66-62-55-50-45-40-35-30-25-20-3/h100-102,105-112,116-118,120-126,131-133,135-137H,18-99,103-104H2,1-17H3/b113-100+,114-101+,115-102+/t105-,106-,107-,108-,109-,110-,111-,112-,116-,117?,118?,120-,121+,122?,123+,124?,125-,126+,131+,132+/m0/s1. The number of hydrogen-bond acceptors (Lipinski definition) is 17. The van der Waals surface area contributed by atoms with Crippen molar-refractivity contribution in [3.05, 3.63) is 34.9 Å². The first-order chi connectivity index (χ1) is 72.2. The molecule has 0 aromatic rings. The summed E-state index contributed by atoms with van der Waals surface area (Å²) in [6.07, 6.45) is 86.2. The average molecular weight is 2110 g/mol. The molecule has 2 aliphatic heterocycles. The highest BCUT2D eigenvalue weighted by molar-refractivity contribution is 5.89. The fraction of sp³-hybridized carbons (Fsp3) is 0.917. The normalized spacial score (nSPS) is 20.4. The molecule has 0 radical (unpaired) electrons. The van der Waals surface area contributed by atoms with Crippen LogP contribution in [0.1, 0.15) is 644 Å². The van der Waals surface area contributed by atoms with Crippen molar-refractivity contribution in [2.45, 2.75) is 712 Å². The molecular weight excluding hydrogens is 1860 g/mol. The largest absolute Gasteiger partial charge is 0.459 e. The maximum Gasteiger partial charge on any atom is 0.333 e. The molecule has 2 fully saturated rings. The van der Waals surface area contributed by atoms with Crippen molar-refractivity contribution in [2.75, 3.05) is 13.2 Å². The number of carbonyl (C=O) groups excluding carboxylic acids is 5. The summed E-state index contributed by atoms with van der Waals surface area (Å²) in [5.41, 5.74) is 0.876. The van der Waals surface area contributed by atoms with Gasteiger partial charge in [0.15, 0.2) is 24.4 Å². The number of ether oxygens (including phenoxy) is 8. The third-order valence-electron chi connectivity index (χ3n) is 32.9. The highest BCUT2D eigenvalue weighted by Crippen LogP contribution is 2.38. The summed E-state index contributed by atoms with van der Waals surface area (Å²) in [5, 5.41) is 49.9. The average Bonchev–Trinajstić information content (AvgIpc) is 0.768. The third-order valence-corrected chi connectivity index (χ3v) is 32.9. The molecule has 2 rings (SSSR count). The zero-order chi connectivity index (χ0) is 109. The Balaban J connectivity index is 2.70. The molecule has 0 amide bonds. The maximum absolute atomic E-state index is 15.2. The van der Waals surface area contributed by atoms with Crippen molar-refractivity contribution < 1.29 is 82.3 Å². The number of hydrogen-bond donors (Lipinski definition) is 4. The van der Waals surface area contributed by atoms with E-state index in [9.17, 15) is 34.8 Å². The molecular formula is C132H246O17. The first kappa shape index (κ1) is 141. The molecule has 0 saturated carbocycles. The molecule has 17 nitrogen and oxygen atoms in total. The Kier molecular flexibility index (Phi) is 91.5. The fourth-order valence-electron chi connectivity index (χ4n) is 23.3. The van der Waals surface area contributed by atoms with E-state index in [1.807, 2.05) is 25.2 Å². The molecule has 0 aromatic carbocycles. The Morgan fingerprint density at radius 1 is 0.282 bits per heavy atom. The van der Waals surface area contributed by atoms with E-state index in [4.69, 9.17) is 37.9 Å². The second kappa shape index (κ2) is 96.4. The van der Waals surface area contributed by atoms with Crippen LogP contribution >= 0.6 is 0 Å². The van der Waals surface area contributed by atoms with E-state index in [0.29, 0.717) is 36.2 Å². The summed E-state index contributed by atoms with van der Waals surface area (Å²) in [6, 6.07) is 0.